The third-order valence-corrected chi connectivity index (χ3v) is 2.25. The Morgan fingerprint density at radius 1 is 1.47 bits per heavy atom. The summed E-state index contributed by atoms with van der Waals surface area (Å²) in [6.07, 6.45) is 2.90. The fourth-order valence-corrected chi connectivity index (χ4v) is 1.37. The van der Waals surface area contributed by atoms with E-state index in [1.165, 1.54) is 18.2 Å². The predicted octanol–water partition coefficient (Wildman–Crippen LogP) is 2.30. The maximum atomic E-state index is 11.0. The number of rotatable bonds is 4. The van der Waals surface area contributed by atoms with Crippen molar-refractivity contribution in [1.82, 2.24) is 0 Å². The highest BCUT2D eigenvalue weighted by Gasteiger charge is 2.06. The molecule has 0 radical (unpaired) electrons. The first kappa shape index (κ1) is 12.9. The monoisotopic (exact) mass is 234 g/mol. The number of nitroso groups, excluding NO2 is 1. The van der Waals surface area contributed by atoms with Gasteiger partial charge in [-0.3, -0.25) is 0 Å². The van der Waals surface area contributed by atoms with Crippen molar-refractivity contribution in [2.24, 2.45) is 5.29 Å². The third-order valence-electron chi connectivity index (χ3n) is 2.25. The average molecular weight is 234 g/mol. The highest BCUT2D eigenvalue weighted by molar-refractivity contribution is 5.88. The Balaban J connectivity index is 3.11. The van der Waals surface area contributed by atoms with Gasteiger partial charge in [0.2, 0.25) is 0 Å². The van der Waals surface area contributed by atoms with Crippen molar-refractivity contribution >= 4 is 17.7 Å². The van der Waals surface area contributed by atoms with Crippen molar-refractivity contribution in [2.75, 3.05) is 19.2 Å². The van der Waals surface area contributed by atoms with Gasteiger partial charge in [0.1, 0.15) is 0 Å². The fraction of sp³-hybridized carbons (Fsp3) is 0.250. The van der Waals surface area contributed by atoms with Crippen molar-refractivity contribution in [2.45, 2.75) is 6.92 Å². The summed E-state index contributed by atoms with van der Waals surface area (Å²) < 4.78 is 4.50. The molecule has 0 spiro atoms. The fourth-order valence-electron chi connectivity index (χ4n) is 1.37. The molecule has 0 aliphatic carbocycles. The minimum Gasteiger partial charge on any atom is -0.466 e. The zero-order chi connectivity index (χ0) is 12.8. The van der Waals surface area contributed by atoms with E-state index in [1.807, 2.05) is 19.1 Å². The molecule has 5 heteroatoms. The summed E-state index contributed by atoms with van der Waals surface area (Å²) in [6, 6.07) is 5.50. The van der Waals surface area contributed by atoms with Crippen molar-refractivity contribution in [3.63, 3.8) is 0 Å². The quantitative estimate of drug-likeness (QED) is 0.347. The minimum atomic E-state index is -0.445. The summed E-state index contributed by atoms with van der Waals surface area (Å²) in [5.41, 5.74) is 2.39. The van der Waals surface area contributed by atoms with Gasteiger partial charge in [-0.15, -0.1) is 4.91 Å². The van der Waals surface area contributed by atoms with E-state index in [1.54, 1.807) is 19.2 Å². The van der Waals surface area contributed by atoms with Crippen LogP contribution < -0.4 is 5.01 Å². The van der Waals surface area contributed by atoms with Gasteiger partial charge in [0.05, 0.1) is 18.1 Å². The molecule has 0 saturated heterocycles. The topological polar surface area (TPSA) is 59.0 Å². The predicted molar refractivity (Wildman–Crippen MR) is 66.4 cm³/mol. The number of anilines is 1. The summed E-state index contributed by atoms with van der Waals surface area (Å²) in [5.74, 6) is -0.445. The van der Waals surface area contributed by atoms with Crippen LogP contribution in [0.3, 0.4) is 0 Å². The molecule has 0 aliphatic rings. The molecular formula is C12H14N2O3. The molecule has 0 N–H and O–H groups in total. The molecule has 90 valence electrons. The van der Waals surface area contributed by atoms with Crippen LogP contribution in [-0.4, -0.2) is 20.1 Å². The van der Waals surface area contributed by atoms with Gasteiger partial charge in [0.15, 0.2) is 0 Å². The Bertz CT molecular complexity index is 455. The minimum absolute atomic E-state index is 0.445. The van der Waals surface area contributed by atoms with Crippen LogP contribution in [0.1, 0.15) is 11.1 Å². The van der Waals surface area contributed by atoms with E-state index < -0.39 is 5.97 Å². The molecule has 0 fully saturated rings. The molecule has 1 aromatic carbocycles. The zero-order valence-corrected chi connectivity index (χ0v) is 10.0. The van der Waals surface area contributed by atoms with Crippen LogP contribution in [0, 0.1) is 11.8 Å². The number of methoxy groups -OCH3 is 1. The molecule has 1 rings (SSSR count). The molecule has 0 aromatic heterocycles. The highest BCUT2D eigenvalue weighted by atomic mass is 16.5. The van der Waals surface area contributed by atoms with E-state index in [0.717, 1.165) is 11.1 Å². The van der Waals surface area contributed by atoms with Crippen molar-refractivity contribution in [3.05, 3.63) is 40.3 Å². The summed E-state index contributed by atoms with van der Waals surface area (Å²) in [5, 5.41) is 4.03. The average Bonchev–Trinajstić information content (AvgIpc) is 2.35. The Morgan fingerprint density at radius 2 is 2.18 bits per heavy atom. The molecule has 0 amide bonds. The molecule has 0 saturated carbocycles. The Kier molecular flexibility index (Phi) is 4.39. The lowest BCUT2D eigenvalue weighted by Crippen LogP contribution is -2.08. The number of hydrogen-bond acceptors (Lipinski definition) is 4. The number of benzene rings is 1. The molecule has 1 aromatic rings. The standard InChI is InChI=1S/C12H14N2O3/c1-9-4-6-11(14(2)13-16)10(8-9)5-7-12(15)17-3/h4-8H,1-3H3/b7-5+. The molecular weight excluding hydrogens is 220 g/mol. The van der Waals surface area contributed by atoms with Gasteiger partial charge in [-0.2, -0.15) is 0 Å². The van der Waals surface area contributed by atoms with Gasteiger partial charge in [-0.25, -0.2) is 9.80 Å². The lowest BCUT2D eigenvalue weighted by molar-refractivity contribution is -0.134. The van der Waals surface area contributed by atoms with Gasteiger partial charge < -0.3 is 4.74 Å². The Hall–Kier alpha value is -2.17. The van der Waals surface area contributed by atoms with Gasteiger partial charge in [0, 0.05) is 18.7 Å². The van der Waals surface area contributed by atoms with E-state index in [2.05, 4.69) is 10.0 Å². The molecule has 0 heterocycles. The number of aryl methyl sites for hydroxylation is 1. The molecule has 5 nitrogen and oxygen atoms in total. The lowest BCUT2D eigenvalue weighted by Gasteiger charge is -2.12. The Labute approximate surface area is 99.6 Å². The first-order chi connectivity index (χ1) is 8.08. The highest BCUT2D eigenvalue weighted by Crippen LogP contribution is 2.22. The maximum absolute atomic E-state index is 11.0. The number of esters is 1. The molecule has 0 unspecified atom stereocenters. The van der Waals surface area contributed by atoms with Crippen LogP contribution in [0.25, 0.3) is 6.08 Å². The first-order valence-electron chi connectivity index (χ1n) is 5.02. The summed E-state index contributed by atoms with van der Waals surface area (Å²) in [4.78, 5) is 21.5. The molecule has 17 heavy (non-hydrogen) atoms. The number of carbonyl (C=O) groups excluding carboxylic acids is 1. The van der Waals surface area contributed by atoms with Crippen molar-refractivity contribution in [1.29, 1.82) is 0 Å². The second-order valence-electron chi connectivity index (χ2n) is 3.52. The SMILES string of the molecule is COC(=O)/C=C/c1cc(C)ccc1N(C)N=O. The zero-order valence-electron chi connectivity index (χ0n) is 10.0. The van der Waals surface area contributed by atoms with E-state index in [4.69, 9.17) is 0 Å². The van der Waals surface area contributed by atoms with Gasteiger partial charge in [-0.05, 0) is 25.1 Å². The number of ether oxygens (including phenoxy) is 1. The van der Waals surface area contributed by atoms with Gasteiger partial charge in [-0.1, -0.05) is 11.6 Å². The van der Waals surface area contributed by atoms with Crippen molar-refractivity contribution < 1.29 is 9.53 Å². The Morgan fingerprint density at radius 3 is 2.76 bits per heavy atom. The summed E-state index contributed by atoms with van der Waals surface area (Å²) in [6.45, 7) is 1.92. The van der Waals surface area contributed by atoms with E-state index >= 15 is 0 Å². The van der Waals surface area contributed by atoms with Crippen LogP contribution in [0.2, 0.25) is 0 Å². The van der Waals surface area contributed by atoms with E-state index in [9.17, 15) is 9.70 Å². The molecule has 0 bridgehead atoms. The summed E-state index contributed by atoms with van der Waals surface area (Å²) >= 11 is 0. The second-order valence-corrected chi connectivity index (χ2v) is 3.52. The van der Waals surface area contributed by atoms with Crippen LogP contribution in [0.5, 0.6) is 0 Å². The molecule has 0 aliphatic heterocycles. The number of carbonyl (C=O) groups is 1. The van der Waals surface area contributed by atoms with Crippen LogP contribution in [0.4, 0.5) is 5.69 Å². The van der Waals surface area contributed by atoms with Crippen molar-refractivity contribution in [3.8, 4) is 0 Å². The third kappa shape index (κ3) is 3.41. The number of nitrogens with zero attached hydrogens (tertiary/aromatic N) is 2. The summed E-state index contributed by atoms with van der Waals surface area (Å²) in [7, 11) is 2.86. The van der Waals surface area contributed by atoms with Crippen LogP contribution in [0.15, 0.2) is 29.6 Å². The van der Waals surface area contributed by atoms with Gasteiger partial charge in [0.25, 0.3) is 0 Å². The normalized spacial score (nSPS) is 10.3. The van der Waals surface area contributed by atoms with Gasteiger partial charge >= 0.3 is 5.97 Å². The largest absolute Gasteiger partial charge is 0.466 e. The molecule has 0 atom stereocenters. The van der Waals surface area contributed by atoms with E-state index in [0.29, 0.717) is 5.69 Å². The van der Waals surface area contributed by atoms with E-state index in [-0.39, 0.29) is 0 Å². The van der Waals surface area contributed by atoms with Crippen LogP contribution in [-0.2, 0) is 9.53 Å². The second kappa shape index (κ2) is 5.79. The first-order valence-corrected chi connectivity index (χ1v) is 5.02. The smallest absolute Gasteiger partial charge is 0.330 e. The van der Waals surface area contributed by atoms with Crippen LogP contribution >= 0.6 is 0 Å². The number of hydrogen-bond donors (Lipinski definition) is 0. The maximum Gasteiger partial charge on any atom is 0.330 e. The lowest BCUT2D eigenvalue weighted by atomic mass is 10.1.